The molecule has 0 saturated carbocycles. The molecule has 1 aromatic rings. The van der Waals surface area contributed by atoms with E-state index < -0.39 is 10.8 Å². The summed E-state index contributed by atoms with van der Waals surface area (Å²) in [5.74, 6) is 0. The lowest BCUT2D eigenvalue weighted by Crippen LogP contribution is -2.13. The molecule has 0 radical (unpaired) electrons. The minimum absolute atomic E-state index is 0.109. The molecular formula is C14H19NOS. The Morgan fingerprint density at radius 1 is 1.29 bits per heavy atom. The molecule has 0 bridgehead atoms. The topological polar surface area (TPSA) is 40.9 Å². The van der Waals surface area contributed by atoms with E-state index in [1.165, 1.54) is 5.56 Å². The van der Waals surface area contributed by atoms with Gasteiger partial charge >= 0.3 is 0 Å². The van der Waals surface area contributed by atoms with Crippen LogP contribution in [0, 0.1) is 11.3 Å². The van der Waals surface area contributed by atoms with Crippen molar-refractivity contribution < 1.29 is 4.21 Å². The van der Waals surface area contributed by atoms with Gasteiger partial charge in [-0.15, -0.1) is 0 Å². The van der Waals surface area contributed by atoms with Crippen molar-refractivity contribution in [2.24, 2.45) is 0 Å². The number of benzene rings is 1. The summed E-state index contributed by atoms with van der Waals surface area (Å²) in [7, 11) is -1.09. The molecule has 1 aromatic carbocycles. The van der Waals surface area contributed by atoms with Gasteiger partial charge in [0.15, 0.2) is 0 Å². The van der Waals surface area contributed by atoms with E-state index in [1.54, 1.807) is 0 Å². The molecule has 1 rings (SSSR count). The average Bonchev–Trinajstić information content (AvgIpc) is 2.27. The summed E-state index contributed by atoms with van der Waals surface area (Å²) in [5, 5.41) is 8.49. The summed E-state index contributed by atoms with van der Waals surface area (Å²) >= 11 is 0. The van der Waals surface area contributed by atoms with E-state index in [0.717, 1.165) is 4.90 Å². The van der Waals surface area contributed by atoms with Gasteiger partial charge < -0.3 is 0 Å². The maximum Gasteiger partial charge on any atom is 0.0634 e. The fourth-order valence-electron chi connectivity index (χ4n) is 1.53. The third-order valence-electron chi connectivity index (χ3n) is 2.70. The van der Waals surface area contributed by atoms with Crippen LogP contribution < -0.4 is 0 Å². The van der Waals surface area contributed by atoms with E-state index >= 15 is 0 Å². The first-order valence-electron chi connectivity index (χ1n) is 5.74. The third kappa shape index (κ3) is 3.67. The minimum atomic E-state index is -1.09. The Bertz CT molecular complexity index is 437. The highest BCUT2D eigenvalue weighted by atomic mass is 32.2. The van der Waals surface area contributed by atoms with E-state index in [-0.39, 0.29) is 10.7 Å². The predicted molar refractivity (Wildman–Crippen MR) is 71.2 cm³/mol. The lowest BCUT2D eigenvalue weighted by Gasteiger charge is -2.19. The van der Waals surface area contributed by atoms with Gasteiger partial charge in [0.2, 0.25) is 0 Å². The Kier molecular flexibility index (Phi) is 4.47. The summed E-state index contributed by atoms with van der Waals surface area (Å²) in [6, 6.07) is 9.92. The largest absolute Gasteiger partial charge is 0.254 e. The van der Waals surface area contributed by atoms with E-state index in [2.05, 4.69) is 26.8 Å². The minimum Gasteiger partial charge on any atom is -0.254 e. The standard InChI is InChI=1S/C14H19NOS/c1-11(9-10-15)17(16)13-7-5-12(6-8-13)14(2,3)4/h5-8,11H,9H2,1-4H3. The fraction of sp³-hybridized carbons (Fsp3) is 0.500. The highest BCUT2D eigenvalue weighted by Gasteiger charge is 2.16. The number of nitriles is 1. The first kappa shape index (κ1) is 13.9. The van der Waals surface area contributed by atoms with Crippen molar-refractivity contribution in [1.82, 2.24) is 0 Å². The summed E-state index contributed by atoms with van der Waals surface area (Å²) in [4.78, 5) is 0.806. The molecule has 0 amide bonds. The van der Waals surface area contributed by atoms with E-state index in [1.807, 2.05) is 31.2 Å². The Labute approximate surface area is 106 Å². The molecule has 0 heterocycles. The van der Waals surface area contributed by atoms with Gasteiger partial charge in [-0.2, -0.15) is 5.26 Å². The first-order chi connectivity index (χ1) is 7.86. The SMILES string of the molecule is CC(CC#N)S(=O)c1ccc(C(C)(C)C)cc1. The van der Waals surface area contributed by atoms with Crippen molar-refractivity contribution >= 4 is 10.8 Å². The zero-order valence-corrected chi connectivity index (χ0v) is 11.7. The summed E-state index contributed by atoms with van der Waals surface area (Å²) in [5.41, 5.74) is 1.34. The molecule has 0 aliphatic heterocycles. The zero-order chi connectivity index (χ0) is 13.1. The average molecular weight is 249 g/mol. The zero-order valence-electron chi connectivity index (χ0n) is 10.9. The van der Waals surface area contributed by atoms with Crippen LogP contribution >= 0.6 is 0 Å². The van der Waals surface area contributed by atoms with Crippen LogP contribution in [0.3, 0.4) is 0 Å². The van der Waals surface area contributed by atoms with Gasteiger partial charge in [0.1, 0.15) is 0 Å². The van der Waals surface area contributed by atoms with Crippen LogP contribution in [-0.4, -0.2) is 9.46 Å². The van der Waals surface area contributed by atoms with E-state index in [0.29, 0.717) is 6.42 Å². The molecule has 0 aliphatic carbocycles. The van der Waals surface area contributed by atoms with Crippen LogP contribution in [0.25, 0.3) is 0 Å². The van der Waals surface area contributed by atoms with Crippen molar-refractivity contribution in [2.45, 2.75) is 49.7 Å². The fourth-order valence-corrected chi connectivity index (χ4v) is 2.62. The van der Waals surface area contributed by atoms with Gasteiger partial charge in [0.05, 0.1) is 16.9 Å². The second-order valence-corrected chi connectivity index (χ2v) is 7.12. The molecule has 17 heavy (non-hydrogen) atoms. The summed E-state index contributed by atoms with van der Waals surface area (Å²) in [6.45, 7) is 8.29. The Hall–Kier alpha value is -1.14. The molecule has 2 atom stereocenters. The molecule has 0 N–H and O–H groups in total. The lowest BCUT2D eigenvalue weighted by atomic mass is 9.87. The van der Waals surface area contributed by atoms with E-state index in [9.17, 15) is 4.21 Å². The smallest absolute Gasteiger partial charge is 0.0634 e. The quantitative estimate of drug-likeness (QED) is 0.824. The van der Waals surface area contributed by atoms with Crippen LogP contribution in [-0.2, 0) is 16.2 Å². The maximum absolute atomic E-state index is 12.1. The molecule has 0 aromatic heterocycles. The normalized spacial score (nSPS) is 15.0. The number of rotatable bonds is 3. The predicted octanol–water partition coefficient (Wildman–Crippen LogP) is 3.39. The van der Waals surface area contributed by atoms with Crippen molar-refractivity contribution in [1.29, 1.82) is 5.26 Å². The summed E-state index contributed by atoms with van der Waals surface area (Å²) in [6.07, 6.45) is 0.327. The van der Waals surface area contributed by atoms with Gasteiger partial charge in [0, 0.05) is 16.6 Å². The maximum atomic E-state index is 12.1. The Morgan fingerprint density at radius 3 is 2.24 bits per heavy atom. The highest BCUT2D eigenvalue weighted by molar-refractivity contribution is 7.85. The Morgan fingerprint density at radius 2 is 1.82 bits per heavy atom. The molecule has 2 unspecified atom stereocenters. The number of nitrogens with zero attached hydrogens (tertiary/aromatic N) is 1. The monoisotopic (exact) mass is 249 g/mol. The molecule has 3 heteroatoms. The van der Waals surface area contributed by atoms with Gasteiger partial charge in [-0.05, 0) is 30.0 Å². The van der Waals surface area contributed by atoms with E-state index in [4.69, 9.17) is 5.26 Å². The van der Waals surface area contributed by atoms with Crippen molar-refractivity contribution in [3.05, 3.63) is 29.8 Å². The molecule has 0 aliphatic rings. The molecule has 2 nitrogen and oxygen atoms in total. The molecular weight excluding hydrogens is 230 g/mol. The highest BCUT2D eigenvalue weighted by Crippen LogP contribution is 2.23. The second kappa shape index (κ2) is 5.46. The van der Waals surface area contributed by atoms with Crippen LogP contribution in [0.4, 0.5) is 0 Å². The molecule has 0 spiro atoms. The lowest BCUT2D eigenvalue weighted by molar-refractivity contribution is 0.589. The van der Waals surface area contributed by atoms with Crippen LogP contribution in [0.5, 0.6) is 0 Å². The first-order valence-corrected chi connectivity index (χ1v) is 6.95. The van der Waals surface area contributed by atoms with Crippen LogP contribution in [0.2, 0.25) is 0 Å². The molecule has 0 fully saturated rings. The van der Waals surface area contributed by atoms with Crippen LogP contribution in [0.15, 0.2) is 29.2 Å². The van der Waals surface area contributed by atoms with Crippen LogP contribution in [0.1, 0.15) is 39.7 Å². The third-order valence-corrected chi connectivity index (χ3v) is 4.33. The van der Waals surface area contributed by atoms with Crippen molar-refractivity contribution in [3.8, 4) is 6.07 Å². The van der Waals surface area contributed by atoms with Gasteiger partial charge in [-0.3, -0.25) is 4.21 Å². The summed E-state index contributed by atoms with van der Waals surface area (Å²) < 4.78 is 12.1. The molecule has 92 valence electrons. The second-order valence-electron chi connectivity index (χ2n) is 5.24. The Balaban J connectivity index is 2.89. The number of hydrogen-bond donors (Lipinski definition) is 0. The number of hydrogen-bond acceptors (Lipinski definition) is 2. The van der Waals surface area contributed by atoms with Gasteiger partial charge in [0.25, 0.3) is 0 Å². The van der Waals surface area contributed by atoms with Gasteiger partial charge in [-0.1, -0.05) is 32.9 Å². The molecule has 0 saturated heterocycles. The van der Waals surface area contributed by atoms with Crippen molar-refractivity contribution in [2.75, 3.05) is 0 Å². The van der Waals surface area contributed by atoms with Crippen molar-refractivity contribution in [3.63, 3.8) is 0 Å². The van der Waals surface area contributed by atoms with Gasteiger partial charge in [-0.25, -0.2) is 0 Å².